The van der Waals surface area contributed by atoms with Gasteiger partial charge in [0.25, 0.3) is 5.91 Å². The molecule has 0 bridgehead atoms. The molecule has 0 aromatic heterocycles. The van der Waals surface area contributed by atoms with Crippen molar-refractivity contribution in [1.82, 2.24) is 4.72 Å². The summed E-state index contributed by atoms with van der Waals surface area (Å²) in [5.74, 6) is -1.49. The van der Waals surface area contributed by atoms with Gasteiger partial charge >= 0.3 is 6.18 Å². The van der Waals surface area contributed by atoms with Gasteiger partial charge in [-0.05, 0) is 63.6 Å². The molecule has 1 N–H and O–H groups in total. The van der Waals surface area contributed by atoms with E-state index in [9.17, 15) is 26.4 Å². The van der Waals surface area contributed by atoms with Crippen LogP contribution in [-0.2, 0) is 26.7 Å². The molecular formula is C37H38F3NO3S. The summed E-state index contributed by atoms with van der Waals surface area (Å²) in [6.07, 6.45) is -1.10. The van der Waals surface area contributed by atoms with Crippen molar-refractivity contribution in [1.29, 1.82) is 0 Å². The normalized spacial score (nSPS) is 11.8. The van der Waals surface area contributed by atoms with Crippen LogP contribution in [0.25, 0.3) is 17.2 Å². The molecule has 0 aliphatic rings. The predicted octanol–water partition coefficient (Wildman–Crippen LogP) is 9.56. The summed E-state index contributed by atoms with van der Waals surface area (Å²) in [6, 6.07) is 31.6. The molecule has 4 aromatic rings. The molecule has 0 atom stereocenters. The summed E-state index contributed by atoms with van der Waals surface area (Å²) >= 11 is 0. The third-order valence-electron chi connectivity index (χ3n) is 6.36. The Morgan fingerprint density at radius 2 is 1.24 bits per heavy atom. The van der Waals surface area contributed by atoms with Crippen molar-refractivity contribution in [3.8, 4) is 0 Å². The average Bonchev–Trinajstić information content (AvgIpc) is 3.05. The van der Waals surface area contributed by atoms with E-state index in [4.69, 9.17) is 0 Å². The minimum Gasteiger partial charge on any atom is -0.269 e. The topological polar surface area (TPSA) is 63.2 Å². The van der Waals surface area contributed by atoms with Gasteiger partial charge < -0.3 is 0 Å². The molecule has 0 radical (unpaired) electrons. The van der Waals surface area contributed by atoms with E-state index < -0.39 is 33.4 Å². The smallest absolute Gasteiger partial charge is 0.269 e. The molecule has 0 saturated carbocycles. The SMILES string of the molecule is C=C.CC.CC/C(=C(\c1ccccc1)c1ccc(/C=C/C(=O)NS(=O)(=O)Cc2ccc(C(F)(F)F)cc2)cc1)c1ccccc1. The van der Waals surface area contributed by atoms with Gasteiger partial charge in [-0.3, -0.25) is 4.79 Å². The van der Waals surface area contributed by atoms with Crippen molar-refractivity contribution in [3.63, 3.8) is 0 Å². The number of amides is 1. The second-order valence-electron chi connectivity index (χ2n) is 9.31. The number of carbonyl (C=O) groups excluding carboxylic acids is 1. The van der Waals surface area contributed by atoms with Crippen molar-refractivity contribution in [2.45, 2.75) is 39.1 Å². The number of halogens is 3. The molecule has 4 aromatic carbocycles. The number of alkyl halides is 3. The minimum atomic E-state index is -4.52. The van der Waals surface area contributed by atoms with E-state index >= 15 is 0 Å². The van der Waals surface area contributed by atoms with Gasteiger partial charge in [-0.25, -0.2) is 13.1 Å². The van der Waals surface area contributed by atoms with Gasteiger partial charge in [-0.1, -0.05) is 118 Å². The molecule has 0 fully saturated rings. The van der Waals surface area contributed by atoms with Crippen LogP contribution >= 0.6 is 0 Å². The Labute approximate surface area is 264 Å². The van der Waals surface area contributed by atoms with E-state index in [1.54, 1.807) is 0 Å². The lowest BCUT2D eigenvalue weighted by molar-refractivity contribution is -0.137. The average molecular weight is 634 g/mol. The van der Waals surface area contributed by atoms with Crippen molar-refractivity contribution in [2.75, 3.05) is 0 Å². The summed E-state index contributed by atoms with van der Waals surface area (Å²) in [6.45, 7) is 12.1. The number of carbonyl (C=O) groups is 1. The second kappa shape index (κ2) is 17.6. The lowest BCUT2D eigenvalue weighted by Gasteiger charge is -2.16. The highest BCUT2D eigenvalue weighted by molar-refractivity contribution is 7.89. The van der Waals surface area contributed by atoms with Gasteiger partial charge in [0.1, 0.15) is 0 Å². The fraction of sp³-hybridized carbons (Fsp3) is 0.162. The maximum atomic E-state index is 12.7. The molecule has 0 aliphatic carbocycles. The fourth-order valence-corrected chi connectivity index (χ4v) is 5.53. The Morgan fingerprint density at radius 1 is 0.756 bits per heavy atom. The first-order chi connectivity index (χ1) is 21.6. The number of hydrogen-bond donors (Lipinski definition) is 1. The molecule has 236 valence electrons. The maximum absolute atomic E-state index is 12.7. The van der Waals surface area contributed by atoms with Crippen LogP contribution in [0, 0.1) is 0 Å². The molecule has 0 spiro atoms. The van der Waals surface area contributed by atoms with Crippen LogP contribution in [-0.4, -0.2) is 14.3 Å². The Kier molecular flexibility index (Phi) is 14.2. The number of rotatable bonds is 9. The molecule has 0 aliphatic heterocycles. The lowest BCUT2D eigenvalue weighted by Crippen LogP contribution is -2.30. The van der Waals surface area contributed by atoms with Crippen molar-refractivity contribution < 1.29 is 26.4 Å². The molecule has 0 saturated heterocycles. The summed E-state index contributed by atoms with van der Waals surface area (Å²) in [5.41, 5.74) is 5.43. The van der Waals surface area contributed by atoms with E-state index in [2.05, 4.69) is 44.3 Å². The zero-order valence-electron chi connectivity index (χ0n) is 25.6. The summed E-state index contributed by atoms with van der Waals surface area (Å²) < 4.78 is 64.9. The third-order valence-corrected chi connectivity index (χ3v) is 7.59. The lowest BCUT2D eigenvalue weighted by atomic mass is 9.88. The largest absolute Gasteiger partial charge is 0.416 e. The summed E-state index contributed by atoms with van der Waals surface area (Å²) in [4.78, 5) is 12.3. The highest BCUT2D eigenvalue weighted by Gasteiger charge is 2.30. The van der Waals surface area contributed by atoms with Crippen LogP contribution in [0.5, 0.6) is 0 Å². The van der Waals surface area contributed by atoms with Gasteiger partial charge in [0.05, 0.1) is 11.3 Å². The van der Waals surface area contributed by atoms with E-state index in [0.29, 0.717) is 5.56 Å². The molecule has 8 heteroatoms. The number of nitrogens with one attached hydrogen (secondary N) is 1. The second-order valence-corrected chi connectivity index (χ2v) is 11.0. The third kappa shape index (κ3) is 11.1. The molecule has 0 unspecified atom stereocenters. The summed E-state index contributed by atoms with van der Waals surface area (Å²) in [7, 11) is -4.11. The van der Waals surface area contributed by atoms with Gasteiger partial charge in [0.15, 0.2) is 0 Å². The molecule has 4 rings (SSSR count). The first-order valence-corrected chi connectivity index (χ1v) is 16.0. The molecule has 45 heavy (non-hydrogen) atoms. The van der Waals surface area contributed by atoms with Crippen molar-refractivity contribution in [3.05, 3.63) is 162 Å². The Morgan fingerprint density at radius 3 is 1.73 bits per heavy atom. The number of allylic oxidation sites excluding steroid dienone is 1. The quantitative estimate of drug-likeness (QED) is 0.113. The molecule has 4 nitrogen and oxygen atoms in total. The van der Waals surface area contributed by atoms with E-state index in [1.807, 2.05) is 79.2 Å². The van der Waals surface area contributed by atoms with Gasteiger partial charge in [0.2, 0.25) is 10.0 Å². The van der Waals surface area contributed by atoms with Crippen LogP contribution in [0.1, 0.15) is 60.6 Å². The van der Waals surface area contributed by atoms with Crippen LogP contribution < -0.4 is 4.72 Å². The summed E-state index contributed by atoms with van der Waals surface area (Å²) in [5, 5.41) is 0. The van der Waals surface area contributed by atoms with E-state index in [1.165, 1.54) is 11.6 Å². The van der Waals surface area contributed by atoms with E-state index in [0.717, 1.165) is 59.0 Å². The zero-order chi connectivity index (χ0) is 33.5. The maximum Gasteiger partial charge on any atom is 0.416 e. The fourth-order valence-electron chi connectivity index (χ4n) is 4.45. The van der Waals surface area contributed by atoms with Crippen LogP contribution in [0.3, 0.4) is 0 Å². The van der Waals surface area contributed by atoms with Crippen LogP contribution in [0.4, 0.5) is 13.2 Å². The first-order valence-electron chi connectivity index (χ1n) is 14.4. The highest BCUT2D eigenvalue weighted by Crippen LogP contribution is 2.34. The van der Waals surface area contributed by atoms with Crippen molar-refractivity contribution >= 4 is 33.2 Å². The van der Waals surface area contributed by atoms with E-state index in [-0.39, 0.29) is 5.56 Å². The zero-order valence-corrected chi connectivity index (χ0v) is 26.5. The van der Waals surface area contributed by atoms with Gasteiger partial charge in [0, 0.05) is 6.08 Å². The number of sulfonamides is 1. The first kappa shape index (κ1) is 36.5. The predicted molar refractivity (Wildman–Crippen MR) is 179 cm³/mol. The minimum absolute atomic E-state index is 0.127. The standard InChI is InChI=1S/C33H28F3NO3S.C2H6.C2H4/c1-2-30(26-9-5-3-6-10-26)32(27-11-7-4-8-12-27)28-18-13-24(14-19-28)17-22-31(38)37-41(39,40)23-25-15-20-29(21-16-25)33(34,35)36;2*1-2/h3-22H,2,23H2,1H3,(H,37,38);1-2H3;1-2H2/b22-17+,32-30-;;. The number of benzene rings is 4. The van der Waals surface area contributed by atoms with Gasteiger partial charge in [-0.15, -0.1) is 13.2 Å². The Bertz CT molecular complexity index is 1660. The monoisotopic (exact) mass is 633 g/mol. The van der Waals surface area contributed by atoms with Crippen LogP contribution in [0.2, 0.25) is 0 Å². The molecule has 1 amide bonds. The van der Waals surface area contributed by atoms with Crippen LogP contribution in [0.15, 0.2) is 128 Å². The highest BCUT2D eigenvalue weighted by atomic mass is 32.2. The Balaban J connectivity index is 0.00000169. The van der Waals surface area contributed by atoms with Crippen molar-refractivity contribution in [2.24, 2.45) is 0 Å². The molecule has 0 heterocycles. The molecular weight excluding hydrogens is 595 g/mol. The van der Waals surface area contributed by atoms with Gasteiger partial charge in [-0.2, -0.15) is 13.2 Å². The Hall–Kier alpha value is -4.69. The number of hydrogen-bond acceptors (Lipinski definition) is 3.